The van der Waals surface area contributed by atoms with Crippen LogP contribution in [0.25, 0.3) is 0 Å². The van der Waals surface area contributed by atoms with Crippen molar-refractivity contribution in [1.82, 2.24) is 14.9 Å². The smallest absolute Gasteiger partial charge is 0.349 e. The van der Waals surface area contributed by atoms with Gasteiger partial charge in [-0.3, -0.25) is 4.57 Å². The highest BCUT2D eigenvalue weighted by atomic mass is 16.5. The molecule has 19 heavy (non-hydrogen) atoms. The van der Waals surface area contributed by atoms with Crippen LogP contribution < -0.4 is 16.7 Å². The highest BCUT2D eigenvalue weighted by Gasteiger charge is 2.47. The summed E-state index contributed by atoms with van der Waals surface area (Å²) >= 11 is 0. The molecular formula is C12H20N4O3. The maximum atomic E-state index is 11.7. The number of nitrogens with one attached hydrogen (secondary N) is 1. The molecular weight excluding hydrogens is 248 g/mol. The lowest BCUT2D eigenvalue weighted by Crippen LogP contribution is -2.54. The summed E-state index contributed by atoms with van der Waals surface area (Å²) in [4.78, 5) is 15.4. The second-order valence-corrected chi connectivity index (χ2v) is 4.89. The number of nitrogen functional groups attached to an aromatic ring is 1. The molecule has 4 N–H and O–H groups in total. The van der Waals surface area contributed by atoms with Crippen LogP contribution in [0.1, 0.15) is 13.3 Å². The van der Waals surface area contributed by atoms with E-state index in [9.17, 15) is 9.90 Å². The quantitative estimate of drug-likeness (QED) is 0.644. The largest absolute Gasteiger partial charge is 0.384 e. The Bertz CT molecular complexity index is 504. The zero-order valence-corrected chi connectivity index (χ0v) is 11.2. The molecule has 7 heteroatoms. The van der Waals surface area contributed by atoms with Gasteiger partial charge in [-0.15, -0.1) is 0 Å². The van der Waals surface area contributed by atoms with Crippen LogP contribution in [0.4, 0.5) is 5.82 Å². The molecule has 0 aliphatic carbocycles. The number of anilines is 1. The number of ether oxygens (including phenoxy) is 1. The van der Waals surface area contributed by atoms with E-state index in [-0.39, 0.29) is 31.1 Å². The number of rotatable bonds is 4. The number of aromatic nitrogens is 2. The fourth-order valence-corrected chi connectivity index (χ4v) is 2.59. The Kier molecular flexibility index (Phi) is 3.88. The molecule has 2 unspecified atom stereocenters. The second-order valence-electron chi connectivity index (χ2n) is 4.89. The predicted octanol–water partition coefficient (Wildman–Crippen LogP) is -1.05. The maximum Gasteiger partial charge on any atom is 0.349 e. The van der Waals surface area contributed by atoms with Crippen LogP contribution in [0.2, 0.25) is 0 Å². The van der Waals surface area contributed by atoms with Crippen molar-refractivity contribution in [2.24, 2.45) is 0 Å². The maximum absolute atomic E-state index is 11.7. The third kappa shape index (κ3) is 2.63. The Morgan fingerprint density at radius 2 is 2.47 bits per heavy atom. The van der Waals surface area contributed by atoms with Gasteiger partial charge in [0.25, 0.3) is 0 Å². The molecule has 2 heterocycles. The summed E-state index contributed by atoms with van der Waals surface area (Å²) in [6, 6.07) is 1.31. The average molecular weight is 268 g/mol. The minimum atomic E-state index is -1.13. The molecule has 7 nitrogen and oxygen atoms in total. The van der Waals surface area contributed by atoms with Crippen LogP contribution in [0.3, 0.4) is 0 Å². The zero-order valence-electron chi connectivity index (χ0n) is 11.2. The van der Waals surface area contributed by atoms with Gasteiger partial charge in [-0.1, -0.05) is 6.92 Å². The number of hydrogen-bond donors (Lipinski definition) is 3. The minimum absolute atomic E-state index is 0.0626. The summed E-state index contributed by atoms with van der Waals surface area (Å²) < 4.78 is 6.93. The van der Waals surface area contributed by atoms with Gasteiger partial charge in [0.05, 0.1) is 25.3 Å². The fourth-order valence-electron chi connectivity index (χ4n) is 2.59. The van der Waals surface area contributed by atoms with E-state index in [2.05, 4.69) is 10.3 Å². The molecule has 0 spiro atoms. The van der Waals surface area contributed by atoms with Crippen molar-refractivity contribution in [2.75, 3.05) is 19.4 Å². The van der Waals surface area contributed by atoms with E-state index in [0.29, 0.717) is 0 Å². The lowest BCUT2D eigenvalue weighted by Gasteiger charge is -2.30. The van der Waals surface area contributed by atoms with Gasteiger partial charge in [0, 0.05) is 6.20 Å². The first-order chi connectivity index (χ1) is 9.00. The van der Waals surface area contributed by atoms with Crippen molar-refractivity contribution < 1.29 is 9.84 Å². The SMILES string of the molecule is CC[C@H]1OCC(O)(Cn2ccc(N)nc2=O)C1NC. The number of likely N-dealkylation sites (N-methyl/N-ethyl adjacent to an activating group) is 1. The number of hydrogen-bond acceptors (Lipinski definition) is 6. The summed E-state index contributed by atoms with van der Waals surface area (Å²) in [5.41, 5.74) is 3.84. The van der Waals surface area contributed by atoms with Gasteiger partial charge in [0.2, 0.25) is 0 Å². The molecule has 3 atom stereocenters. The van der Waals surface area contributed by atoms with Crippen molar-refractivity contribution >= 4 is 5.82 Å². The molecule has 0 aromatic carbocycles. The molecule has 0 bridgehead atoms. The molecule has 106 valence electrons. The normalized spacial score (nSPS) is 30.7. The third-order valence-electron chi connectivity index (χ3n) is 3.55. The Balaban J connectivity index is 2.24. The highest BCUT2D eigenvalue weighted by Crippen LogP contribution is 2.27. The average Bonchev–Trinajstić information content (AvgIpc) is 2.69. The zero-order chi connectivity index (χ0) is 14.0. The number of nitrogens with zero attached hydrogens (tertiary/aromatic N) is 2. The van der Waals surface area contributed by atoms with Crippen LogP contribution in [0.5, 0.6) is 0 Å². The summed E-state index contributed by atoms with van der Waals surface area (Å²) in [5, 5.41) is 13.8. The monoisotopic (exact) mass is 268 g/mol. The van der Waals surface area contributed by atoms with Crippen LogP contribution in [-0.4, -0.2) is 46.1 Å². The molecule has 1 saturated heterocycles. The van der Waals surface area contributed by atoms with Crippen molar-refractivity contribution in [3.63, 3.8) is 0 Å². The summed E-state index contributed by atoms with van der Waals surface area (Å²) in [6.07, 6.45) is 2.27. The molecule has 2 rings (SSSR count). The Morgan fingerprint density at radius 3 is 3.05 bits per heavy atom. The lowest BCUT2D eigenvalue weighted by molar-refractivity contribution is -0.00314. The molecule has 1 aromatic rings. The first-order valence-electron chi connectivity index (χ1n) is 6.34. The van der Waals surface area contributed by atoms with Gasteiger partial charge in [0.1, 0.15) is 11.4 Å². The Labute approximate surface area is 111 Å². The van der Waals surface area contributed by atoms with E-state index in [1.54, 1.807) is 7.05 Å². The van der Waals surface area contributed by atoms with Gasteiger partial charge in [-0.05, 0) is 19.5 Å². The minimum Gasteiger partial charge on any atom is -0.384 e. The van der Waals surface area contributed by atoms with E-state index < -0.39 is 11.3 Å². The van der Waals surface area contributed by atoms with E-state index in [0.717, 1.165) is 6.42 Å². The number of aliphatic hydroxyl groups is 1. The van der Waals surface area contributed by atoms with Crippen LogP contribution in [0, 0.1) is 0 Å². The second kappa shape index (κ2) is 5.28. The van der Waals surface area contributed by atoms with E-state index in [4.69, 9.17) is 10.5 Å². The molecule has 1 aliphatic rings. The summed E-state index contributed by atoms with van der Waals surface area (Å²) in [7, 11) is 1.77. The fraction of sp³-hybridized carbons (Fsp3) is 0.667. The number of nitrogens with two attached hydrogens (primary N) is 1. The van der Waals surface area contributed by atoms with Crippen LogP contribution >= 0.6 is 0 Å². The molecule has 0 amide bonds. The Morgan fingerprint density at radius 1 is 1.74 bits per heavy atom. The van der Waals surface area contributed by atoms with Crippen molar-refractivity contribution in [2.45, 2.75) is 37.6 Å². The Hall–Kier alpha value is -1.44. The molecule has 1 fully saturated rings. The van der Waals surface area contributed by atoms with Crippen molar-refractivity contribution in [1.29, 1.82) is 0 Å². The third-order valence-corrected chi connectivity index (χ3v) is 3.55. The predicted molar refractivity (Wildman–Crippen MR) is 70.7 cm³/mol. The first kappa shape index (κ1) is 14.0. The standard InChI is InChI=1S/C12H20N4O3/c1-3-8-10(14-2)12(18,7-19-8)6-16-5-4-9(13)15-11(16)17/h4-5,8,10,14,18H,3,6-7H2,1-2H3,(H2,13,15,17)/t8-,10?,12?/m1/s1. The van der Waals surface area contributed by atoms with Gasteiger partial charge in [-0.25, -0.2) is 4.79 Å². The van der Waals surface area contributed by atoms with Gasteiger partial charge in [-0.2, -0.15) is 4.98 Å². The summed E-state index contributed by atoms with van der Waals surface area (Å²) in [6.45, 7) is 2.31. The molecule has 1 aromatic heterocycles. The highest BCUT2D eigenvalue weighted by molar-refractivity contribution is 5.23. The molecule has 1 aliphatic heterocycles. The van der Waals surface area contributed by atoms with E-state index >= 15 is 0 Å². The van der Waals surface area contributed by atoms with Crippen LogP contribution in [-0.2, 0) is 11.3 Å². The summed E-state index contributed by atoms with van der Waals surface area (Å²) in [5.74, 6) is 0.174. The van der Waals surface area contributed by atoms with Gasteiger partial charge in [0.15, 0.2) is 0 Å². The van der Waals surface area contributed by atoms with Crippen LogP contribution in [0.15, 0.2) is 17.1 Å². The van der Waals surface area contributed by atoms with Crippen molar-refractivity contribution in [3.8, 4) is 0 Å². The lowest BCUT2D eigenvalue weighted by atomic mass is 9.92. The van der Waals surface area contributed by atoms with Crippen molar-refractivity contribution in [3.05, 3.63) is 22.7 Å². The van der Waals surface area contributed by atoms with Gasteiger partial charge >= 0.3 is 5.69 Å². The topological polar surface area (TPSA) is 102 Å². The van der Waals surface area contributed by atoms with E-state index in [1.807, 2.05) is 6.92 Å². The molecule has 0 saturated carbocycles. The van der Waals surface area contributed by atoms with Gasteiger partial charge < -0.3 is 20.9 Å². The first-order valence-corrected chi connectivity index (χ1v) is 6.34. The van der Waals surface area contributed by atoms with E-state index in [1.165, 1.54) is 16.8 Å². The molecule has 0 radical (unpaired) electrons.